The molecule has 0 aromatic heterocycles. The SMILES string of the molecule is CN=C(NCC(C)(C)C(=O)NC)N1CCN(S(=O)(=O)CCOC(C)C)CC1. The fourth-order valence-electron chi connectivity index (χ4n) is 2.75. The van der Waals surface area contributed by atoms with Gasteiger partial charge in [-0.15, -0.1) is 0 Å². The van der Waals surface area contributed by atoms with Gasteiger partial charge in [0.1, 0.15) is 0 Å². The number of nitrogens with zero attached hydrogens (tertiary/aromatic N) is 3. The minimum absolute atomic E-state index is 0.00151. The van der Waals surface area contributed by atoms with Gasteiger partial charge in [-0.3, -0.25) is 9.79 Å². The number of carbonyl (C=O) groups excluding carboxylic acids is 1. The molecule has 2 N–H and O–H groups in total. The number of nitrogens with one attached hydrogen (secondary N) is 2. The number of piperazine rings is 1. The number of carbonyl (C=O) groups is 1. The Kier molecular flexibility index (Phi) is 8.97. The molecule has 1 aliphatic rings. The summed E-state index contributed by atoms with van der Waals surface area (Å²) in [7, 11) is -0.0186. The standard InChI is InChI=1S/C17H35N5O4S/c1-14(2)26-11-12-27(24,25)22-9-7-21(8-10-22)16(19-6)20-13-17(3,4)15(23)18-5/h14H,7-13H2,1-6H3,(H,18,23)(H,19,20). The van der Waals surface area contributed by atoms with Crippen molar-refractivity contribution in [3.05, 3.63) is 0 Å². The molecule has 0 atom stereocenters. The average molecular weight is 406 g/mol. The summed E-state index contributed by atoms with van der Waals surface area (Å²) in [4.78, 5) is 18.2. The van der Waals surface area contributed by atoms with Gasteiger partial charge < -0.3 is 20.3 Å². The molecule has 0 aromatic rings. The van der Waals surface area contributed by atoms with Crippen molar-refractivity contribution >= 4 is 21.9 Å². The van der Waals surface area contributed by atoms with E-state index in [9.17, 15) is 13.2 Å². The van der Waals surface area contributed by atoms with E-state index in [2.05, 4.69) is 15.6 Å². The highest BCUT2D eigenvalue weighted by molar-refractivity contribution is 7.89. The molecule has 0 radical (unpaired) electrons. The van der Waals surface area contributed by atoms with E-state index in [1.54, 1.807) is 14.1 Å². The van der Waals surface area contributed by atoms with Crippen LogP contribution in [0.3, 0.4) is 0 Å². The highest BCUT2D eigenvalue weighted by Gasteiger charge is 2.30. The lowest BCUT2D eigenvalue weighted by Gasteiger charge is -2.36. The second-order valence-electron chi connectivity index (χ2n) is 7.49. The van der Waals surface area contributed by atoms with Crippen LogP contribution in [-0.4, -0.2) is 94.8 Å². The number of hydrogen-bond donors (Lipinski definition) is 2. The maximum Gasteiger partial charge on any atom is 0.227 e. The van der Waals surface area contributed by atoms with Gasteiger partial charge in [0.15, 0.2) is 5.96 Å². The summed E-state index contributed by atoms with van der Waals surface area (Å²) in [6, 6.07) is 0. The summed E-state index contributed by atoms with van der Waals surface area (Å²) in [5.41, 5.74) is -0.577. The van der Waals surface area contributed by atoms with Crippen molar-refractivity contribution in [3.63, 3.8) is 0 Å². The Morgan fingerprint density at radius 1 is 1.22 bits per heavy atom. The predicted octanol–water partition coefficient (Wildman–Crippen LogP) is -0.294. The molecule has 1 amide bonds. The van der Waals surface area contributed by atoms with Crippen LogP contribution in [0.4, 0.5) is 0 Å². The lowest BCUT2D eigenvalue weighted by Crippen LogP contribution is -2.55. The van der Waals surface area contributed by atoms with Gasteiger partial charge in [-0.2, -0.15) is 4.31 Å². The van der Waals surface area contributed by atoms with Crippen LogP contribution in [0.25, 0.3) is 0 Å². The largest absolute Gasteiger partial charge is 0.378 e. The van der Waals surface area contributed by atoms with Gasteiger partial charge in [-0.1, -0.05) is 0 Å². The zero-order valence-corrected chi connectivity index (χ0v) is 18.2. The van der Waals surface area contributed by atoms with Gasteiger partial charge >= 0.3 is 0 Å². The number of amides is 1. The summed E-state index contributed by atoms with van der Waals surface area (Å²) < 4.78 is 31.7. The van der Waals surface area contributed by atoms with Crippen LogP contribution in [0.2, 0.25) is 0 Å². The molecule has 0 saturated carbocycles. The maximum absolute atomic E-state index is 12.4. The molecular formula is C17H35N5O4S. The maximum atomic E-state index is 12.4. The smallest absolute Gasteiger partial charge is 0.227 e. The Morgan fingerprint density at radius 3 is 2.30 bits per heavy atom. The number of ether oxygens (including phenoxy) is 1. The second kappa shape index (κ2) is 10.2. The summed E-state index contributed by atoms with van der Waals surface area (Å²) in [5.74, 6) is 0.621. The first-order chi connectivity index (χ1) is 12.5. The van der Waals surface area contributed by atoms with Crippen LogP contribution >= 0.6 is 0 Å². The summed E-state index contributed by atoms with van der Waals surface area (Å²) >= 11 is 0. The normalized spacial score (nSPS) is 17.3. The van der Waals surface area contributed by atoms with Gasteiger partial charge in [-0.05, 0) is 27.7 Å². The first-order valence-electron chi connectivity index (χ1n) is 9.30. The molecule has 1 saturated heterocycles. The van der Waals surface area contributed by atoms with E-state index < -0.39 is 15.4 Å². The third-order valence-corrected chi connectivity index (χ3v) is 6.30. The summed E-state index contributed by atoms with van der Waals surface area (Å²) in [5, 5.41) is 5.88. The Morgan fingerprint density at radius 2 is 1.81 bits per heavy atom. The van der Waals surface area contributed by atoms with Crippen molar-refractivity contribution < 1.29 is 17.9 Å². The van der Waals surface area contributed by atoms with Gasteiger partial charge in [0, 0.05) is 46.8 Å². The van der Waals surface area contributed by atoms with E-state index in [1.807, 2.05) is 32.6 Å². The molecule has 0 aliphatic carbocycles. The molecule has 0 spiro atoms. The fourth-order valence-corrected chi connectivity index (χ4v) is 4.03. The quantitative estimate of drug-likeness (QED) is 0.425. The van der Waals surface area contributed by atoms with Gasteiger partial charge in [0.2, 0.25) is 15.9 Å². The van der Waals surface area contributed by atoms with Crippen LogP contribution < -0.4 is 10.6 Å². The zero-order chi connectivity index (χ0) is 20.7. The van der Waals surface area contributed by atoms with Crippen molar-refractivity contribution in [2.24, 2.45) is 10.4 Å². The topological polar surface area (TPSA) is 103 Å². The fraction of sp³-hybridized carbons (Fsp3) is 0.882. The van der Waals surface area contributed by atoms with Crippen LogP contribution in [-0.2, 0) is 19.6 Å². The molecule has 1 aliphatic heterocycles. The molecule has 27 heavy (non-hydrogen) atoms. The Bertz CT molecular complexity index is 611. The molecule has 0 unspecified atom stereocenters. The first kappa shape index (κ1) is 23.6. The molecular weight excluding hydrogens is 370 g/mol. The third kappa shape index (κ3) is 7.27. The minimum atomic E-state index is -3.32. The lowest BCUT2D eigenvalue weighted by atomic mass is 9.92. The molecule has 1 heterocycles. The van der Waals surface area contributed by atoms with Gasteiger partial charge in [0.25, 0.3) is 0 Å². The van der Waals surface area contributed by atoms with E-state index in [0.29, 0.717) is 38.7 Å². The van der Waals surface area contributed by atoms with E-state index in [4.69, 9.17) is 4.74 Å². The average Bonchev–Trinajstić information content (AvgIpc) is 2.61. The van der Waals surface area contributed by atoms with Crippen LogP contribution in [0.15, 0.2) is 4.99 Å². The van der Waals surface area contributed by atoms with Gasteiger partial charge in [0.05, 0.1) is 23.9 Å². The Hall–Kier alpha value is -1.39. The molecule has 9 nitrogen and oxygen atoms in total. The molecule has 1 fully saturated rings. The number of sulfonamides is 1. The zero-order valence-electron chi connectivity index (χ0n) is 17.4. The molecule has 10 heteroatoms. The van der Waals surface area contributed by atoms with Crippen LogP contribution in [0.5, 0.6) is 0 Å². The highest BCUT2D eigenvalue weighted by Crippen LogP contribution is 2.14. The number of hydrogen-bond acceptors (Lipinski definition) is 5. The molecule has 1 rings (SSSR count). The third-order valence-electron chi connectivity index (χ3n) is 4.47. The number of guanidine groups is 1. The highest BCUT2D eigenvalue weighted by atomic mass is 32.2. The van der Waals surface area contributed by atoms with Crippen molar-refractivity contribution in [2.45, 2.75) is 33.8 Å². The van der Waals surface area contributed by atoms with Gasteiger partial charge in [-0.25, -0.2) is 8.42 Å². The molecule has 0 aromatic carbocycles. The van der Waals surface area contributed by atoms with E-state index >= 15 is 0 Å². The van der Waals surface area contributed by atoms with E-state index in [1.165, 1.54) is 4.31 Å². The minimum Gasteiger partial charge on any atom is -0.378 e. The van der Waals surface area contributed by atoms with Crippen LogP contribution in [0.1, 0.15) is 27.7 Å². The monoisotopic (exact) mass is 405 g/mol. The molecule has 158 valence electrons. The second-order valence-corrected chi connectivity index (χ2v) is 9.57. The predicted molar refractivity (Wildman–Crippen MR) is 107 cm³/mol. The summed E-state index contributed by atoms with van der Waals surface area (Å²) in [6.45, 7) is 10.0. The van der Waals surface area contributed by atoms with E-state index in [0.717, 1.165) is 0 Å². The van der Waals surface area contributed by atoms with Crippen molar-refractivity contribution in [2.75, 3.05) is 59.2 Å². The van der Waals surface area contributed by atoms with Crippen molar-refractivity contribution in [3.8, 4) is 0 Å². The van der Waals surface area contributed by atoms with E-state index in [-0.39, 0.29) is 24.4 Å². The Balaban J connectivity index is 2.55. The first-order valence-corrected chi connectivity index (χ1v) is 10.9. The van der Waals surface area contributed by atoms with Crippen LogP contribution in [0, 0.1) is 5.41 Å². The van der Waals surface area contributed by atoms with Crippen molar-refractivity contribution in [1.82, 2.24) is 19.8 Å². The number of rotatable bonds is 8. The lowest BCUT2D eigenvalue weighted by molar-refractivity contribution is -0.128. The van der Waals surface area contributed by atoms with Crippen molar-refractivity contribution in [1.29, 1.82) is 0 Å². The number of aliphatic imine (C=N–C) groups is 1. The molecule has 0 bridgehead atoms. The Labute approximate surface area is 163 Å². The summed E-state index contributed by atoms with van der Waals surface area (Å²) in [6.07, 6.45) is 0.0190.